The van der Waals surface area contributed by atoms with Crippen molar-refractivity contribution in [1.29, 1.82) is 0 Å². The third-order valence-electron chi connectivity index (χ3n) is 2.82. The van der Waals surface area contributed by atoms with Crippen LogP contribution in [0.5, 0.6) is 0 Å². The van der Waals surface area contributed by atoms with E-state index in [0.717, 1.165) is 21.7 Å². The number of hydrogen-bond acceptors (Lipinski definition) is 1. The molecular formula is C14H9N3. The molecule has 0 saturated heterocycles. The molecule has 3 rings (SSSR count). The van der Waals surface area contributed by atoms with Crippen LogP contribution >= 0.6 is 0 Å². The standard InChI is InChI=1S/C14H9N3/c15-16-9-14-12-7-2-1-5-10(12)11-6-3-4-8-13(11)17-14/h1-9H. The van der Waals surface area contributed by atoms with Crippen LogP contribution in [0.3, 0.4) is 0 Å². The first-order valence-corrected chi connectivity index (χ1v) is 5.35. The van der Waals surface area contributed by atoms with E-state index in [0.29, 0.717) is 5.69 Å². The first kappa shape index (κ1) is 9.70. The van der Waals surface area contributed by atoms with E-state index in [9.17, 15) is 0 Å². The predicted octanol–water partition coefficient (Wildman–Crippen LogP) is 3.04. The molecule has 2 aromatic carbocycles. The molecule has 0 saturated carbocycles. The van der Waals surface area contributed by atoms with Crippen LogP contribution in [0.15, 0.2) is 48.5 Å². The molecule has 0 bridgehead atoms. The molecule has 1 heterocycles. The highest BCUT2D eigenvalue weighted by atomic mass is 14.8. The van der Waals surface area contributed by atoms with Crippen LogP contribution in [0.4, 0.5) is 0 Å². The number of benzene rings is 2. The first-order chi connectivity index (χ1) is 8.40. The summed E-state index contributed by atoms with van der Waals surface area (Å²) in [5, 5.41) is 3.22. The van der Waals surface area contributed by atoms with Crippen molar-refractivity contribution in [2.75, 3.05) is 0 Å². The van der Waals surface area contributed by atoms with Gasteiger partial charge in [0.05, 0.1) is 5.52 Å². The Hall–Kier alpha value is -2.51. The maximum Gasteiger partial charge on any atom is 0.306 e. The maximum atomic E-state index is 8.68. The van der Waals surface area contributed by atoms with Crippen molar-refractivity contribution in [3.05, 3.63) is 59.8 Å². The molecule has 0 unspecified atom stereocenters. The Labute approximate surface area is 98.0 Å². The summed E-state index contributed by atoms with van der Waals surface area (Å²) in [6.45, 7) is 0. The van der Waals surface area contributed by atoms with Crippen molar-refractivity contribution in [3.8, 4) is 0 Å². The Bertz CT molecular complexity index is 756. The number of aromatic nitrogens is 1. The van der Waals surface area contributed by atoms with Crippen LogP contribution in [0, 0.1) is 0 Å². The van der Waals surface area contributed by atoms with Gasteiger partial charge >= 0.3 is 6.21 Å². The average molecular weight is 219 g/mol. The monoisotopic (exact) mass is 219 g/mol. The summed E-state index contributed by atoms with van der Waals surface area (Å²) in [5.41, 5.74) is 10.3. The quantitative estimate of drug-likeness (QED) is 0.268. The minimum absolute atomic E-state index is 0.682. The van der Waals surface area contributed by atoms with E-state index >= 15 is 0 Å². The molecule has 17 heavy (non-hydrogen) atoms. The Balaban J connectivity index is 2.59. The van der Waals surface area contributed by atoms with Gasteiger partial charge in [-0.3, -0.25) is 0 Å². The second-order valence-electron chi connectivity index (χ2n) is 3.80. The van der Waals surface area contributed by atoms with E-state index in [-0.39, 0.29) is 0 Å². The predicted molar refractivity (Wildman–Crippen MR) is 68.0 cm³/mol. The molecule has 0 amide bonds. The summed E-state index contributed by atoms with van der Waals surface area (Å²) >= 11 is 0. The SMILES string of the molecule is [N-]=[N+]=Cc1nc2ccccc2c2ccccc12. The van der Waals surface area contributed by atoms with E-state index in [1.165, 1.54) is 6.21 Å². The lowest BCUT2D eigenvalue weighted by Gasteiger charge is -2.04. The van der Waals surface area contributed by atoms with Gasteiger partial charge in [-0.15, -0.1) is 0 Å². The highest BCUT2D eigenvalue weighted by molar-refractivity contribution is 6.10. The van der Waals surface area contributed by atoms with E-state index in [4.69, 9.17) is 5.53 Å². The van der Waals surface area contributed by atoms with Crippen molar-refractivity contribution >= 4 is 27.9 Å². The lowest BCUT2D eigenvalue weighted by molar-refractivity contribution is 0.00440. The molecular weight excluding hydrogens is 210 g/mol. The van der Waals surface area contributed by atoms with Crippen molar-refractivity contribution in [2.45, 2.75) is 0 Å². The Kier molecular flexibility index (Phi) is 2.18. The molecule has 0 aliphatic carbocycles. The van der Waals surface area contributed by atoms with Gasteiger partial charge in [0.25, 0.3) is 0 Å². The fourth-order valence-corrected chi connectivity index (χ4v) is 2.08. The molecule has 3 aromatic rings. The Morgan fingerprint density at radius 3 is 2.29 bits per heavy atom. The van der Waals surface area contributed by atoms with Crippen LogP contribution in [0.25, 0.3) is 27.2 Å². The molecule has 0 aliphatic heterocycles. The van der Waals surface area contributed by atoms with Gasteiger partial charge in [-0.2, -0.15) is 4.79 Å². The van der Waals surface area contributed by atoms with Gasteiger partial charge in [-0.05, 0) is 11.5 Å². The summed E-state index contributed by atoms with van der Waals surface area (Å²) < 4.78 is 0. The van der Waals surface area contributed by atoms with Gasteiger partial charge in [0, 0.05) is 10.8 Å². The number of hydrogen-bond donors (Lipinski definition) is 0. The van der Waals surface area contributed by atoms with Crippen LogP contribution in [-0.4, -0.2) is 16.0 Å². The Morgan fingerprint density at radius 2 is 1.53 bits per heavy atom. The number of nitrogens with zero attached hydrogens (tertiary/aromatic N) is 3. The largest absolute Gasteiger partial charge is 0.361 e. The van der Waals surface area contributed by atoms with Crippen molar-refractivity contribution in [3.63, 3.8) is 0 Å². The smallest absolute Gasteiger partial charge is 0.306 e. The molecule has 0 fully saturated rings. The van der Waals surface area contributed by atoms with Gasteiger partial charge in [-0.1, -0.05) is 42.5 Å². The van der Waals surface area contributed by atoms with E-state index in [2.05, 4.69) is 9.77 Å². The van der Waals surface area contributed by atoms with Crippen LogP contribution in [0.1, 0.15) is 5.69 Å². The highest BCUT2D eigenvalue weighted by Crippen LogP contribution is 2.25. The normalized spacial score (nSPS) is 10.4. The van der Waals surface area contributed by atoms with Gasteiger partial charge in [-0.25, -0.2) is 4.98 Å². The molecule has 0 atom stereocenters. The number of rotatable bonds is 1. The van der Waals surface area contributed by atoms with Gasteiger partial charge in [0.15, 0.2) is 5.69 Å². The summed E-state index contributed by atoms with van der Waals surface area (Å²) in [4.78, 5) is 7.56. The van der Waals surface area contributed by atoms with Crippen LogP contribution in [0.2, 0.25) is 0 Å². The molecule has 0 radical (unpaired) electrons. The van der Waals surface area contributed by atoms with Crippen molar-refractivity contribution < 1.29 is 4.79 Å². The van der Waals surface area contributed by atoms with E-state index in [1.54, 1.807) is 0 Å². The Morgan fingerprint density at radius 1 is 0.882 bits per heavy atom. The maximum absolute atomic E-state index is 8.68. The molecule has 0 N–H and O–H groups in total. The molecule has 80 valence electrons. The zero-order valence-electron chi connectivity index (χ0n) is 9.04. The fraction of sp³-hybridized carbons (Fsp3) is 0. The van der Waals surface area contributed by atoms with Crippen LogP contribution < -0.4 is 0 Å². The average Bonchev–Trinajstić information content (AvgIpc) is 2.39. The lowest BCUT2D eigenvalue weighted by Crippen LogP contribution is -1.92. The van der Waals surface area contributed by atoms with E-state index < -0.39 is 0 Å². The molecule has 0 spiro atoms. The number of pyridine rings is 1. The molecule has 0 aliphatic rings. The fourth-order valence-electron chi connectivity index (χ4n) is 2.08. The van der Waals surface area contributed by atoms with Crippen molar-refractivity contribution in [1.82, 2.24) is 4.98 Å². The van der Waals surface area contributed by atoms with Gasteiger partial charge < -0.3 is 5.53 Å². The molecule has 1 aromatic heterocycles. The third-order valence-corrected chi connectivity index (χ3v) is 2.82. The number of fused-ring (bicyclic) bond motifs is 3. The van der Waals surface area contributed by atoms with Gasteiger partial charge in [0.1, 0.15) is 0 Å². The summed E-state index contributed by atoms with van der Waals surface area (Å²) in [6.07, 6.45) is 1.37. The topological polar surface area (TPSA) is 49.3 Å². The molecule has 3 nitrogen and oxygen atoms in total. The minimum Gasteiger partial charge on any atom is -0.361 e. The third kappa shape index (κ3) is 1.50. The van der Waals surface area contributed by atoms with Crippen LogP contribution in [-0.2, 0) is 0 Å². The zero-order chi connectivity index (χ0) is 11.7. The second kappa shape index (κ2) is 3.81. The number of para-hydroxylation sites is 1. The minimum atomic E-state index is 0.682. The summed E-state index contributed by atoms with van der Waals surface area (Å²) in [7, 11) is 0. The zero-order valence-corrected chi connectivity index (χ0v) is 9.04. The highest BCUT2D eigenvalue weighted by Gasteiger charge is 2.07. The van der Waals surface area contributed by atoms with Crippen molar-refractivity contribution in [2.24, 2.45) is 0 Å². The van der Waals surface area contributed by atoms with Gasteiger partial charge in [0.2, 0.25) is 0 Å². The first-order valence-electron chi connectivity index (χ1n) is 5.35. The summed E-state index contributed by atoms with van der Waals surface area (Å²) in [6, 6.07) is 15.9. The molecule has 3 heteroatoms. The lowest BCUT2D eigenvalue weighted by atomic mass is 10.0. The summed E-state index contributed by atoms with van der Waals surface area (Å²) in [5.74, 6) is 0. The van der Waals surface area contributed by atoms with E-state index in [1.807, 2.05) is 48.5 Å². The second-order valence-corrected chi connectivity index (χ2v) is 3.80.